The smallest absolute Gasteiger partial charge is 0.408 e. The SMILES string of the molecule is CCCC[N+]1(C[C@H](CSC(c2ccccc2)(c2ccccc2)c2ccccc2)NC(=O)OC(C)(C)C)CCN(C(=O)c2cccc(C)c2C)CC1. The molecule has 7 heteroatoms. The van der Waals surface area contributed by atoms with Crippen molar-refractivity contribution in [3.63, 3.8) is 0 Å². The highest BCUT2D eigenvalue weighted by Crippen LogP contribution is 2.48. The number of ether oxygens (including phenoxy) is 1. The topological polar surface area (TPSA) is 58.6 Å². The molecule has 0 saturated carbocycles. The van der Waals surface area contributed by atoms with Crippen molar-refractivity contribution in [3.8, 4) is 0 Å². The fourth-order valence-corrected chi connectivity index (χ4v) is 8.86. The number of hydrogen-bond acceptors (Lipinski definition) is 4. The molecule has 51 heavy (non-hydrogen) atoms. The average Bonchev–Trinajstić information content (AvgIpc) is 3.13. The van der Waals surface area contributed by atoms with Crippen molar-refractivity contribution in [2.75, 3.05) is 45.0 Å². The number of carbonyl (C=O) groups excluding carboxylic acids is 2. The van der Waals surface area contributed by atoms with Crippen molar-refractivity contribution < 1.29 is 18.8 Å². The second-order valence-corrected chi connectivity index (χ2v) is 16.3. The van der Waals surface area contributed by atoms with E-state index in [9.17, 15) is 9.59 Å². The van der Waals surface area contributed by atoms with Crippen LogP contribution in [0.25, 0.3) is 0 Å². The van der Waals surface area contributed by atoms with E-state index in [4.69, 9.17) is 4.74 Å². The van der Waals surface area contributed by atoms with Gasteiger partial charge in [-0.15, -0.1) is 11.8 Å². The van der Waals surface area contributed by atoms with Crippen LogP contribution in [0, 0.1) is 13.8 Å². The Morgan fingerprint density at radius 2 is 1.33 bits per heavy atom. The molecule has 0 radical (unpaired) electrons. The van der Waals surface area contributed by atoms with Crippen LogP contribution in [0.1, 0.15) is 78.7 Å². The minimum Gasteiger partial charge on any atom is -0.444 e. The van der Waals surface area contributed by atoms with Gasteiger partial charge < -0.3 is 19.4 Å². The number of nitrogens with zero attached hydrogens (tertiary/aromatic N) is 2. The molecule has 1 saturated heterocycles. The number of thioether (sulfide) groups is 1. The first kappa shape index (κ1) is 38.2. The molecular formula is C44H56N3O3S+. The zero-order valence-electron chi connectivity index (χ0n) is 31.4. The summed E-state index contributed by atoms with van der Waals surface area (Å²) in [5.41, 5.74) is 5.95. The zero-order chi connectivity index (χ0) is 36.5. The molecule has 1 fully saturated rings. The van der Waals surface area contributed by atoms with E-state index in [-0.39, 0.29) is 11.9 Å². The minimum atomic E-state index is -0.613. The van der Waals surface area contributed by atoms with Crippen molar-refractivity contribution >= 4 is 23.8 Å². The number of hydrogen-bond donors (Lipinski definition) is 1. The molecule has 0 spiro atoms. The summed E-state index contributed by atoms with van der Waals surface area (Å²) in [6, 6.07) is 37.9. The van der Waals surface area contributed by atoms with Gasteiger partial charge in [-0.05, 0) is 74.9 Å². The Bertz CT molecular complexity index is 1620. The molecule has 2 amide bonds. The highest BCUT2D eigenvalue weighted by molar-refractivity contribution is 8.00. The molecule has 1 N–H and O–H groups in total. The Morgan fingerprint density at radius 3 is 1.82 bits per heavy atom. The molecule has 5 rings (SSSR count). The highest BCUT2D eigenvalue weighted by Gasteiger charge is 2.41. The van der Waals surface area contributed by atoms with Gasteiger partial charge in [0, 0.05) is 11.3 Å². The molecule has 4 aromatic rings. The Balaban J connectivity index is 1.48. The first-order valence-corrected chi connectivity index (χ1v) is 19.5. The summed E-state index contributed by atoms with van der Waals surface area (Å²) in [5.74, 6) is 0.775. The van der Waals surface area contributed by atoms with E-state index < -0.39 is 16.4 Å². The van der Waals surface area contributed by atoms with Crippen molar-refractivity contribution in [2.24, 2.45) is 0 Å². The van der Waals surface area contributed by atoms with Crippen LogP contribution in [-0.4, -0.2) is 78.0 Å². The van der Waals surface area contributed by atoms with Crippen LogP contribution in [0.4, 0.5) is 4.79 Å². The second kappa shape index (κ2) is 17.0. The number of rotatable bonds is 13. The lowest BCUT2D eigenvalue weighted by atomic mass is 9.84. The summed E-state index contributed by atoms with van der Waals surface area (Å²) in [4.78, 5) is 29.3. The number of unbranched alkanes of at least 4 members (excludes halogenated alkanes) is 1. The van der Waals surface area contributed by atoms with E-state index in [2.05, 4.69) is 116 Å². The molecular weight excluding hydrogens is 651 g/mol. The Hall–Kier alpha value is -4.07. The normalized spacial score (nSPS) is 15.2. The molecule has 4 aromatic carbocycles. The van der Waals surface area contributed by atoms with Gasteiger partial charge in [-0.25, -0.2) is 4.79 Å². The third-order valence-electron chi connectivity index (χ3n) is 10.2. The van der Waals surface area contributed by atoms with Gasteiger partial charge in [0.15, 0.2) is 0 Å². The van der Waals surface area contributed by atoms with Crippen LogP contribution in [0.5, 0.6) is 0 Å². The number of benzene rings is 4. The molecule has 6 nitrogen and oxygen atoms in total. The zero-order valence-corrected chi connectivity index (χ0v) is 32.2. The lowest BCUT2D eigenvalue weighted by molar-refractivity contribution is -0.932. The van der Waals surface area contributed by atoms with Gasteiger partial charge in [0.1, 0.15) is 12.1 Å². The van der Waals surface area contributed by atoms with Crippen molar-refractivity contribution in [1.29, 1.82) is 0 Å². The van der Waals surface area contributed by atoms with E-state index in [1.165, 1.54) is 16.7 Å². The maximum atomic E-state index is 13.8. The van der Waals surface area contributed by atoms with E-state index in [0.717, 1.165) is 60.2 Å². The highest BCUT2D eigenvalue weighted by atomic mass is 32.2. The van der Waals surface area contributed by atoms with Crippen LogP contribution in [0.15, 0.2) is 109 Å². The number of amides is 2. The number of alkyl carbamates (subject to hydrolysis) is 1. The molecule has 1 atom stereocenters. The van der Waals surface area contributed by atoms with Crippen LogP contribution >= 0.6 is 11.8 Å². The molecule has 0 bridgehead atoms. The lowest BCUT2D eigenvalue weighted by Gasteiger charge is -2.47. The first-order chi connectivity index (χ1) is 24.5. The van der Waals surface area contributed by atoms with Gasteiger partial charge in [0.2, 0.25) is 0 Å². The Kier molecular flexibility index (Phi) is 12.7. The molecule has 0 aliphatic carbocycles. The summed E-state index contributed by atoms with van der Waals surface area (Å²) in [6.45, 7) is 16.9. The lowest BCUT2D eigenvalue weighted by Crippen LogP contribution is -2.65. The van der Waals surface area contributed by atoms with Gasteiger partial charge >= 0.3 is 6.09 Å². The fraction of sp³-hybridized carbons (Fsp3) is 0.409. The molecule has 1 aliphatic heterocycles. The molecule has 0 unspecified atom stereocenters. The second-order valence-electron chi connectivity index (χ2n) is 15.0. The number of carbonyl (C=O) groups is 2. The van der Waals surface area contributed by atoms with Crippen molar-refractivity contribution in [1.82, 2.24) is 10.2 Å². The number of piperazine rings is 1. The summed E-state index contributed by atoms with van der Waals surface area (Å²) in [5, 5.41) is 3.34. The molecule has 1 aliphatic rings. The first-order valence-electron chi connectivity index (χ1n) is 18.5. The minimum absolute atomic E-state index is 0.113. The number of nitrogens with one attached hydrogen (secondary N) is 1. The van der Waals surface area contributed by atoms with Gasteiger partial charge in [0.05, 0.1) is 43.5 Å². The fourth-order valence-electron chi connectivity index (χ4n) is 7.31. The standard InChI is InChI=1S/C44H55N3O3S/c1-7-8-29-47(30-27-46(28-31-47)41(48)40-26-18-19-34(2)35(40)3)32-39(45-42(49)50-43(4,5)6)33-51-44(36-20-12-9-13-21-36,37-22-14-10-15-23-37)38-24-16-11-17-25-38/h9-26,39H,7-8,27-33H2,1-6H3/p+1/t39-/m1/s1. The van der Waals surface area contributed by atoms with Crippen molar-refractivity contribution in [3.05, 3.63) is 143 Å². The summed E-state index contributed by atoms with van der Waals surface area (Å²) in [6.07, 6.45) is 1.78. The van der Waals surface area contributed by atoms with Gasteiger partial charge in [0.25, 0.3) is 5.91 Å². The predicted molar refractivity (Wildman–Crippen MR) is 211 cm³/mol. The maximum Gasteiger partial charge on any atom is 0.408 e. The number of quaternary nitrogens is 1. The van der Waals surface area contributed by atoms with Crippen molar-refractivity contribution in [2.45, 2.75) is 70.8 Å². The third-order valence-corrected chi connectivity index (χ3v) is 11.9. The largest absolute Gasteiger partial charge is 0.444 e. The van der Waals surface area contributed by atoms with E-state index in [0.29, 0.717) is 18.8 Å². The monoisotopic (exact) mass is 706 g/mol. The average molecular weight is 707 g/mol. The summed E-state index contributed by atoms with van der Waals surface area (Å²) in [7, 11) is 0. The van der Waals surface area contributed by atoms with E-state index in [1.807, 2.05) is 56.5 Å². The quantitative estimate of drug-likeness (QED) is 0.111. The summed E-state index contributed by atoms with van der Waals surface area (Å²) >= 11 is 1.87. The number of aryl methyl sites for hydroxylation is 1. The molecule has 0 aromatic heterocycles. The Morgan fingerprint density at radius 1 is 0.804 bits per heavy atom. The molecule has 270 valence electrons. The summed E-state index contributed by atoms with van der Waals surface area (Å²) < 4.78 is 6.19. The van der Waals surface area contributed by atoms with Crippen LogP contribution in [0.3, 0.4) is 0 Å². The van der Waals surface area contributed by atoms with E-state index >= 15 is 0 Å². The van der Waals surface area contributed by atoms with Gasteiger partial charge in [-0.2, -0.15) is 0 Å². The van der Waals surface area contributed by atoms with Crippen LogP contribution < -0.4 is 5.32 Å². The molecule has 1 heterocycles. The third kappa shape index (κ3) is 9.43. The van der Waals surface area contributed by atoms with Gasteiger partial charge in [-0.1, -0.05) is 116 Å². The van der Waals surface area contributed by atoms with E-state index in [1.54, 1.807) is 0 Å². The maximum absolute atomic E-state index is 13.8. The van der Waals surface area contributed by atoms with Crippen LogP contribution in [0.2, 0.25) is 0 Å². The van der Waals surface area contributed by atoms with Crippen LogP contribution in [-0.2, 0) is 9.48 Å². The predicted octanol–water partition coefficient (Wildman–Crippen LogP) is 8.99. The van der Waals surface area contributed by atoms with Gasteiger partial charge in [-0.3, -0.25) is 4.79 Å². The Labute approximate surface area is 310 Å².